The molecule has 0 aliphatic heterocycles. The molecule has 0 saturated heterocycles. The first-order valence-corrected chi connectivity index (χ1v) is 22.9. The molecule has 16 heteroatoms. The van der Waals surface area contributed by atoms with Crippen LogP contribution in [0.1, 0.15) is 109 Å². The molecule has 59 heavy (non-hydrogen) atoms. The fourth-order valence-electron chi connectivity index (χ4n) is 5.66. The van der Waals surface area contributed by atoms with E-state index in [1.807, 2.05) is 65.1 Å². The second kappa shape index (κ2) is 19.1. The molecule has 5 aromatic rings. The van der Waals surface area contributed by atoms with Crippen molar-refractivity contribution < 1.29 is 31.5 Å². The van der Waals surface area contributed by atoms with E-state index in [1.54, 1.807) is 29.5 Å². The van der Waals surface area contributed by atoms with Gasteiger partial charge >= 0.3 is 6.18 Å². The molecule has 0 saturated carbocycles. The number of carbonyl (C=O) groups is 1. The Bertz CT molecular complexity index is 2360. The minimum atomic E-state index is -4.45. The van der Waals surface area contributed by atoms with Crippen LogP contribution in [0.3, 0.4) is 0 Å². The zero-order valence-corrected chi connectivity index (χ0v) is 38.8. The molecule has 3 aromatic heterocycles. The molecule has 0 radical (unpaired) electrons. The van der Waals surface area contributed by atoms with Crippen LogP contribution >= 0.6 is 45.6 Å². The molecule has 8 N–H and O–H groups in total. The van der Waals surface area contributed by atoms with Crippen molar-refractivity contribution in [3.63, 3.8) is 0 Å². The maximum absolute atomic E-state index is 13.0. The Morgan fingerprint density at radius 1 is 0.797 bits per heavy atom. The third-order valence-electron chi connectivity index (χ3n) is 8.57. The molecule has 3 heterocycles. The van der Waals surface area contributed by atoms with Gasteiger partial charge in [-0.1, -0.05) is 117 Å². The van der Waals surface area contributed by atoms with Crippen LogP contribution in [0, 0.1) is 0 Å². The molecule has 0 atom stereocenters. The Morgan fingerprint density at radius 2 is 1.31 bits per heavy atom. The first kappa shape index (κ1) is 49.3. The minimum Gasteiger partial charge on any atom is -0.508 e. The van der Waals surface area contributed by atoms with Crippen LogP contribution in [0.5, 0.6) is 0 Å². The highest BCUT2D eigenvalue weighted by Gasteiger charge is 2.33. The predicted octanol–water partition coefficient (Wildman–Crippen LogP) is 12.0. The number of hydrogen-bond donors (Lipinski definition) is 5. The van der Waals surface area contributed by atoms with E-state index < -0.39 is 27.5 Å². The third kappa shape index (κ3) is 13.5. The molecule has 322 valence electrons. The van der Waals surface area contributed by atoms with Gasteiger partial charge < -0.3 is 27.6 Å². The first-order chi connectivity index (χ1) is 26.9. The standard InChI is InChI=1S/C17H19F3N2OS.C16H20ClNO2S2.C10H15NOS/c1-16(2,3)14-12(21)8-13(24-14)15(23)22-9-10-6-4-5-7-11(10)17(18,19)20;1-16(2,3)15-13(18)10-14(21-15)22(19,20)9-8-11-6-4-5-7-12(11)17;1-6(12)7-5-13-9(8(7)11)10(2,3)4/h4-8H,9,21H2,1-3H3,(H,22,23);4-7,10H,8-9,18H2,1-3H3;5,12H,1,11H2,2-4H3. The zero-order chi connectivity index (χ0) is 44.9. The molecule has 2 aromatic carbocycles. The van der Waals surface area contributed by atoms with Crippen molar-refractivity contribution in [1.29, 1.82) is 0 Å². The van der Waals surface area contributed by atoms with Gasteiger partial charge in [0.15, 0.2) is 9.84 Å². The number of nitrogens with one attached hydrogen (secondary N) is 1. The van der Waals surface area contributed by atoms with Gasteiger partial charge in [-0.3, -0.25) is 4.79 Å². The van der Waals surface area contributed by atoms with Gasteiger partial charge in [0.1, 0.15) is 9.97 Å². The number of alkyl halides is 3. The van der Waals surface area contributed by atoms with Gasteiger partial charge in [0.05, 0.1) is 21.9 Å². The molecule has 0 bridgehead atoms. The number of thiophene rings is 3. The number of benzene rings is 2. The SMILES string of the molecule is C=C(O)c1csc(C(C)(C)C)c1N.CC(C)(C)c1sc(C(=O)NCc2ccccc2C(F)(F)F)cc1N.CC(C)(C)c1sc(S(=O)(=O)CCc2ccccc2Cl)cc1N. The average Bonchev–Trinajstić information content (AvgIpc) is 3.83. The van der Waals surface area contributed by atoms with Gasteiger partial charge in [-0.2, -0.15) is 13.2 Å². The highest BCUT2D eigenvalue weighted by Crippen LogP contribution is 2.40. The summed E-state index contributed by atoms with van der Waals surface area (Å²) in [4.78, 5) is 15.5. The quantitative estimate of drug-likeness (QED) is 0.0968. The van der Waals surface area contributed by atoms with E-state index in [0.29, 0.717) is 43.2 Å². The summed E-state index contributed by atoms with van der Waals surface area (Å²) < 4.78 is 64.2. The fourth-order valence-corrected chi connectivity index (χ4v) is 10.9. The van der Waals surface area contributed by atoms with Gasteiger partial charge in [0.2, 0.25) is 0 Å². The van der Waals surface area contributed by atoms with E-state index >= 15 is 0 Å². The molecule has 0 aliphatic carbocycles. The van der Waals surface area contributed by atoms with Crippen molar-refractivity contribution in [3.8, 4) is 0 Å². The number of halogens is 4. The Morgan fingerprint density at radius 3 is 1.76 bits per heavy atom. The predicted molar refractivity (Wildman–Crippen MR) is 244 cm³/mol. The number of aryl methyl sites for hydroxylation is 1. The van der Waals surface area contributed by atoms with E-state index in [1.165, 1.54) is 40.9 Å². The fraction of sp³-hybridized carbons (Fsp3) is 0.372. The third-order valence-corrected chi connectivity index (χ3v) is 15.8. The summed E-state index contributed by atoms with van der Waals surface area (Å²) in [6.45, 7) is 21.6. The van der Waals surface area contributed by atoms with Crippen LogP contribution < -0.4 is 22.5 Å². The monoisotopic (exact) mass is 910 g/mol. The van der Waals surface area contributed by atoms with Crippen molar-refractivity contribution in [2.75, 3.05) is 23.0 Å². The summed E-state index contributed by atoms with van der Waals surface area (Å²) >= 11 is 10.2. The summed E-state index contributed by atoms with van der Waals surface area (Å²) in [5.74, 6) is -0.358. The zero-order valence-electron chi connectivity index (χ0n) is 34.7. The number of carbonyl (C=O) groups excluding carboxylic acids is 1. The van der Waals surface area contributed by atoms with Gasteiger partial charge in [0, 0.05) is 48.5 Å². The molecule has 0 aliphatic rings. The normalized spacial score (nSPS) is 12.2. The first-order valence-electron chi connectivity index (χ1n) is 18.4. The number of amides is 1. The maximum Gasteiger partial charge on any atom is 0.416 e. The summed E-state index contributed by atoms with van der Waals surface area (Å²) in [5, 5.41) is 14.2. The molecule has 8 nitrogen and oxygen atoms in total. The van der Waals surface area contributed by atoms with Crippen molar-refractivity contribution >= 4 is 84.2 Å². The van der Waals surface area contributed by atoms with Crippen LogP contribution in [0.4, 0.5) is 30.2 Å². The highest BCUT2D eigenvalue weighted by molar-refractivity contribution is 7.93. The van der Waals surface area contributed by atoms with Crippen LogP contribution in [0.2, 0.25) is 5.02 Å². The van der Waals surface area contributed by atoms with E-state index in [0.717, 1.165) is 26.3 Å². The number of sulfone groups is 1. The van der Waals surface area contributed by atoms with E-state index in [-0.39, 0.29) is 39.9 Å². The molecular weight excluding hydrogens is 857 g/mol. The van der Waals surface area contributed by atoms with Crippen molar-refractivity contribution in [3.05, 3.63) is 119 Å². The summed E-state index contributed by atoms with van der Waals surface area (Å²) in [5.41, 5.74) is 20.0. The van der Waals surface area contributed by atoms with Crippen molar-refractivity contribution in [2.45, 2.75) is 102 Å². The molecule has 0 fully saturated rings. The lowest BCUT2D eigenvalue weighted by molar-refractivity contribution is -0.138. The summed E-state index contributed by atoms with van der Waals surface area (Å²) in [6.07, 6.45) is -4.06. The molecular formula is C43H54ClF3N4O4S4. The van der Waals surface area contributed by atoms with E-state index in [9.17, 15) is 31.5 Å². The Kier molecular flexibility index (Phi) is 16.0. The van der Waals surface area contributed by atoms with E-state index in [2.05, 4.69) is 32.7 Å². The largest absolute Gasteiger partial charge is 0.508 e. The summed E-state index contributed by atoms with van der Waals surface area (Å²) in [6, 6.07) is 15.6. The van der Waals surface area contributed by atoms with Crippen LogP contribution in [0.25, 0.3) is 5.76 Å². The van der Waals surface area contributed by atoms with Gasteiger partial charge in [0.25, 0.3) is 5.91 Å². The number of rotatable bonds is 8. The van der Waals surface area contributed by atoms with Gasteiger partial charge in [-0.05, 0) is 58.1 Å². The highest BCUT2D eigenvalue weighted by atomic mass is 35.5. The molecule has 1 amide bonds. The van der Waals surface area contributed by atoms with Crippen molar-refractivity contribution in [1.82, 2.24) is 5.32 Å². The van der Waals surface area contributed by atoms with Crippen LogP contribution in [0.15, 0.2) is 76.8 Å². The summed E-state index contributed by atoms with van der Waals surface area (Å²) in [7, 11) is -3.36. The van der Waals surface area contributed by atoms with Crippen LogP contribution in [-0.2, 0) is 45.2 Å². The second-order valence-electron chi connectivity index (χ2n) is 16.8. The second-order valence-corrected chi connectivity index (χ2v) is 22.6. The molecule has 0 unspecified atom stereocenters. The number of aliphatic hydroxyl groups excluding tert-OH is 1. The lowest BCUT2D eigenvalue weighted by Gasteiger charge is -2.17. The average molecular weight is 912 g/mol. The molecule has 5 rings (SSSR count). The van der Waals surface area contributed by atoms with Crippen LogP contribution in [-0.4, -0.2) is 25.2 Å². The van der Waals surface area contributed by atoms with Gasteiger partial charge in [-0.15, -0.1) is 34.0 Å². The minimum absolute atomic E-state index is 0.0268. The lowest BCUT2D eigenvalue weighted by Crippen LogP contribution is -2.23. The van der Waals surface area contributed by atoms with Gasteiger partial charge in [-0.25, -0.2) is 8.42 Å². The number of nitrogen functional groups attached to an aromatic ring is 3. The maximum atomic E-state index is 13.0. The van der Waals surface area contributed by atoms with E-state index in [4.69, 9.17) is 28.8 Å². The Labute approximate surface area is 363 Å². The Hall–Kier alpha value is -4.02. The lowest BCUT2D eigenvalue weighted by atomic mass is 9.93. The van der Waals surface area contributed by atoms with Crippen molar-refractivity contribution in [2.24, 2.45) is 0 Å². The number of hydrogen-bond acceptors (Lipinski definition) is 10. The smallest absolute Gasteiger partial charge is 0.416 e. The molecule has 0 spiro atoms. The topological polar surface area (TPSA) is 162 Å². The number of nitrogens with two attached hydrogens (primary N) is 3. The number of aliphatic hydroxyl groups is 1. The Balaban J connectivity index is 0.000000247. The number of anilines is 3.